The number of hydrogen-bond donors (Lipinski definition) is 1. The number of nitrogens with zero attached hydrogens (tertiary/aromatic N) is 1. The Labute approximate surface area is 92.2 Å². The summed E-state index contributed by atoms with van der Waals surface area (Å²) in [6, 6.07) is 0. The molecule has 1 aliphatic heterocycles. The van der Waals surface area contributed by atoms with Gasteiger partial charge in [-0.1, -0.05) is 0 Å². The first-order valence-electron chi connectivity index (χ1n) is 5.48. The molecule has 0 atom stereocenters. The fourth-order valence-electron chi connectivity index (χ4n) is 2.15. The molecule has 94 valence electrons. The number of ether oxygens (including phenoxy) is 1. The van der Waals surface area contributed by atoms with Gasteiger partial charge in [0.25, 0.3) is 0 Å². The maximum absolute atomic E-state index is 11.7. The van der Waals surface area contributed by atoms with E-state index in [0.29, 0.717) is 25.6 Å². The Balaban J connectivity index is 1.53. The smallest absolute Gasteiger partial charge is 0.387 e. The molecular weight excluding hydrogens is 223 g/mol. The van der Waals surface area contributed by atoms with E-state index in [-0.39, 0.29) is 6.61 Å². The molecule has 16 heavy (non-hydrogen) atoms. The standard InChI is InChI=1S/C10H16F3NO2/c11-10(12,13)7-16-4-3-14-5-9(15,6-14)8-1-2-8/h8,15H,1-7H2. The van der Waals surface area contributed by atoms with Crippen LogP contribution in [-0.2, 0) is 4.74 Å². The lowest BCUT2D eigenvalue weighted by molar-refractivity contribution is -0.178. The molecule has 0 unspecified atom stereocenters. The van der Waals surface area contributed by atoms with E-state index in [1.807, 2.05) is 4.90 Å². The van der Waals surface area contributed by atoms with Crippen molar-refractivity contribution in [3.8, 4) is 0 Å². The van der Waals surface area contributed by atoms with E-state index < -0.39 is 18.4 Å². The average Bonchev–Trinajstić information content (AvgIpc) is 2.89. The van der Waals surface area contributed by atoms with Crippen LogP contribution in [0.4, 0.5) is 13.2 Å². The summed E-state index contributed by atoms with van der Waals surface area (Å²) in [4.78, 5) is 1.93. The number of halogens is 3. The van der Waals surface area contributed by atoms with Crippen LogP contribution in [0, 0.1) is 5.92 Å². The van der Waals surface area contributed by atoms with Gasteiger partial charge in [0.2, 0.25) is 0 Å². The van der Waals surface area contributed by atoms with Crippen LogP contribution in [0.25, 0.3) is 0 Å². The molecule has 2 fully saturated rings. The number of aliphatic hydroxyl groups is 1. The van der Waals surface area contributed by atoms with Gasteiger partial charge >= 0.3 is 6.18 Å². The Morgan fingerprint density at radius 1 is 1.31 bits per heavy atom. The van der Waals surface area contributed by atoms with Crippen LogP contribution in [0.5, 0.6) is 0 Å². The van der Waals surface area contributed by atoms with Crippen molar-refractivity contribution in [1.82, 2.24) is 4.90 Å². The quantitative estimate of drug-likeness (QED) is 0.727. The molecule has 0 aromatic carbocycles. The Morgan fingerprint density at radius 3 is 2.44 bits per heavy atom. The van der Waals surface area contributed by atoms with Gasteiger partial charge < -0.3 is 9.84 Å². The predicted octanol–water partition coefficient (Wildman–Crippen LogP) is 1.02. The number of β-amino-alcohol motifs (C(OH)–C–C–N with tert-alkyl or cyclic N) is 1. The lowest BCUT2D eigenvalue weighted by Gasteiger charge is -2.47. The van der Waals surface area contributed by atoms with E-state index >= 15 is 0 Å². The lowest BCUT2D eigenvalue weighted by atomic mass is 9.89. The van der Waals surface area contributed by atoms with Gasteiger partial charge in [0.15, 0.2) is 0 Å². The molecule has 0 aromatic rings. The largest absolute Gasteiger partial charge is 0.411 e. The molecule has 1 saturated heterocycles. The van der Waals surface area contributed by atoms with Gasteiger partial charge in [-0.3, -0.25) is 4.90 Å². The Kier molecular flexibility index (Phi) is 3.16. The monoisotopic (exact) mass is 239 g/mol. The van der Waals surface area contributed by atoms with Gasteiger partial charge in [-0.2, -0.15) is 13.2 Å². The van der Waals surface area contributed by atoms with Crippen molar-refractivity contribution < 1.29 is 23.0 Å². The second kappa shape index (κ2) is 4.16. The predicted molar refractivity (Wildman–Crippen MR) is 51.0 cm³/mol. The number of hydrogen-bond acceptors (Lipinski definition) is 3. The highest BCUT2D eigenvalue weighted by Gasteiger charge is 2.51. The molecule has 2 rings (SSSR count). The Bertz CT molecular complexity index is 247. The van der Waals surface area contributed by atoms with Crippen molar-refractivity contribution in [2.45, 2.75) is 24.6 Å². The molecule has 3 nitrogen and oxygen atoms in total. The van der Waals surface area contributed by atoms with E-state index in [1.165, 1.54) is 0 Å². The Hall–Kier alpha value is -0.330. The van der Waals surface area contributed by atoms with Gasteiger partial charge in [-0.05, 0) is 18.8 Å². The molecule has 6 heteroatoms. The van der Waals surface area contributed by atoms with Crippen molar-refractivity contribution in [3.63, 3.8) is 0 Å². The van der Waals surface area contributed by atoms with Crippen molar-refractivity contribution >= 4 is 0 Å². The maximum atomic E-state index is 11.7. The SMILES string of the molecule is OC1(C2CC2)CN(CCOCC(F)(F)F)C1. The van der Waals surface area contributed by atoms with E-state index in [4.69, 9.17) is 0 Å². The third-order valence-electron chi connectivity index (χ3n) is 3.15. The number of rotatable bonds is 5. The minimum atomic E-state index is -4.25. The first-order chi connectivity index (χ1) is 7.39. The zero-order chi connectivity index (χ0) is 11.8. The zero-order valence-electron chi connectivity index (χ0n) is 8.96. The summed E-state index contributed by atoms with van der Waals surface area (Å²) in [5, 5.41) is 9.94. The third-order valence-corrected chi connectivity index (χ3v) is 3.15. The number of likely N-dealkylation sites (tertiary alicyclic amines) is 1. The summed E-state index contributed by atoms with van der Waals surface area (Å²) >= 11 is 0. The van der Waals surface area contributed by atoms with Crippen LogP contribution in [0.2, 0.25) is 0 Å². The summed E-state index contributed by atoms with van der Waals surface area (Å²) in [7, 11) is 0. The normalized spacial score (nSPS) is 25.5. The molecule has 2 aliphatic rings. The van der Waals surface area contributed by atoms with Crippen LogP contribution >= 0.6 is 0 Å². The van der Waals surface area contributed by atoms with Crippen molar-refractivity contribution in [1.29, 1.82) is 0 Å². The van der Waals surface area contributed by atoms with Crippen molar-refractivity contribution in [2.75, 3.05) is 32.8 Å². The second-order valence-corrected chi connectivity index (χ2v) is 4.76. The highest BCUT2D eigenvalue weighted by atomic mass is 19.4. The van der Waals surface area contributed by atoms with Gasteiger partial charge in [0.1, 0.15) is 6.61 Å². The van der Waals surface area contributed by atoms with E-state index in [0.717, 1.165) is 12.8 Å². The molecule has 0 amide bonds. The first-order valence-corrected chi connectivity index (χ1v) is 5.48. The molecular formula is C10H16F3NO2. The van der Waals surface area contributed by atoms with Gasteiger partial charge in [-0.25, -0.2) is 0 Å². The summed E-state index contributed by atoms with van der Waals surface area (Å²) in [6.07, 6.45) is -2.09. The van der Waals surface area contributed by atoms with Crippen molar-refractivity contribution in [2.24, 2.45) is 5.92 Å². The zero-order valence-corrected chi connectivity index (χ0v) is 8.96. The minimum absolute atomic E-state index is 0.0697. The van der Waals surface area contributed by atoms with Gasteiger partial charge in [0.05, 0.1) is 12.2 Å². The highest BCUT2D eigenvalue weighted by Crippen LogP contribution is 2.44. The van der Waals surface area contributed by atoms with Crippen LogP contribution in [0.15, 0.2) is 0 Å². The first kappa shape index (κ1) is 12.1. The van der Waals surface area contributed by atoms with Crippen LogP contribution in [0.1, 0.15) is 12.8 Å². The molecule has 0 radical (unpaired) electrons. The molecule has 1 aliphatic carbocycles. The summed E-state index contributed by atoms with van der Waals surface area (Å²) in [5.74, 6) is 0.417. The summed E-state index contributed by atoms with van der Waals surface area (Å²) in [6.45, 7) is 0.499. The van der Waals surface area contributed by atoms with Gasteiger partial charge in [-0.15, -0.1) is 0 Å². The van der Waals surface area contributed by atoms with Crippen LogP contribution in [0.3, 0.4) is 0 Å². The summed E-state index contributed by atoms with van der Waals surface area (Å²) in [5.41, 5.74) is -0.565. The maximum Gasteiger partial charge on any atom is 0.411 e. The van der Waals surface area contributed by atoms with Crippen molar-refractivity contribution in [3.05, 3.63) is 0 Å². The van der Waals surface area contributed by atoms with E-state index in [2.05, 4.69) is 4.74 Å². The van der Waals surface area contributed by atoms with E-state index in [9.17, 15) is 18.3 Å². The van der Waals surface area contributed by atoms with E-state index in [1.54, 1.807) is 0 Å². The molecule has 0 aromatic heterocycles. The van der Waals surface area contributed by atoms with Crippen LogP contribution < -0.4 is 0 Å². The minimum Gasteiger partial charge on any atom is -0.387 e. The second-order valence-electron chi connectivity index (χ2n) is 4.76. The molecule has 1 saturated carbocycles. The third kappa shape index (κ3) is 3.09. The molecule has 0 spiro atoms. The lowest BCUT2D eigenvalue weighted by Crippen LogP contribution is -2.63. The topological polar surface area (TPSA) is 32.7 Å². The molecule has 0 bridgehead atoms. The fraction of sp³-hybridized carbons (Fsp3) is 1.00. The van der Waals surface area contributed by atoms with Crippen LogP contribution in [-0.4, -0.2) is 54.6 Å². The average molecular weight is 239 g/mol. The highest BCUT2D eigenvalue weighted by molar-refractivity contribution is 5.05. The summed E-state index contributed by atoms with van der Waals surface area (Å²) < 4.78 is 39.7. The number of alkyl halides is 3. The molecule has 1 N–H and O–H groups in total. The van der Waals surface area contributed by atoms with Gasteiger partial charge in [0, 0.05) is 19.6 Å². The molecule has 1 heterocycles. The fourth-order valence-corrected chi connectivity index (χ4v) is 2.15. The Morgan fingerprint density at radius 2 is 1.94 bits per heavy atom.